The van der Waals surface area contributed by atoms with Gasteiger partial charge in [-0.05, 0) is 29.9 Å². The first-order valence-electron chi connectivity index (χ1n) is 6.89. The van der Waals surface area contributed by atoms with Crippen molar-refractivity contribution in [1.82, 2.24) is 14.9 Å². The van der Waals surface area contributed by atoms with E-state index in [2.05, 4.69) is 15.3 Å². The Morgan fingerprint density at radius 2 is 1.71 bits per heavy atom. The highest BCUT2D eigenvalue weighted by atomic mass is 32.1. The summed E-state index contributed by atoms with van der Waals surface area (Å²) in [5.41, 5.74) is 0.629. The lowest BCUT2D eigenvalue weighted by Crippen LogP contribution is -2.04. The predicted octanol–water partition coefficient (Wildman–Crippen LogP) is 4.51. The van der Waals surface area contributed by atoms with Crippen molar-refractivity contribution in [3.05, 3.63) is 70.5 Å². The summed E-state index contributed by atoms with van der Waals surface area (Å²) in [5, 5.41) is 11.0. The molecule has 0 radical (unpaired) electrons. The van der Waals surface area contributed by atoms with Crippen LogP contribution in [-0.4, -0.2) is 21.1 Å². The summed E-state index contributed by atoms with van der Waals surface area (Å²) in [4.78, 5) is 0. The molecule has 0 atom stereocenters. The standard InChI is InChI=1S/C16H11F3N4S/c17-16(18,19)13-8-6-11(7-9-13)10-20-23-14(21-22-15(23)24)12-4-2-1-3-5-12/h1-10H,(H,22,24)/b20-10-. The third-order valence-electron chi connectivity index (χ3n) is 3.24. The molecule has 0 saturated heterocycles. The van der Waals surface area contributed by atoms with Crippen molar-refractivity contribution in [3.63, 3.8) is 0 Å². The van der Waals surface area contributed by atoms with E-state index in [-0.39, 0.29) is 4.77 Å². The number of halogens is 3. The van der Waals surface area contributed by atoms with Gasteiger partial charge in [0.15, 0.2) is 5.82 Å². The third-order valence-corrected chi connectivity index (χ3v) is 3.51. The molecular weight excluding hydrogens is 337 g/mol. The van der Waals surface area contributed by atoms with Gasteiger partial charge in [0.25, 0.3) is 0 Å². The molecule has 0 fully saturated rings. The fourth-order valence-electron chi connectivity index (χ4n) is 2.06. The maximum absolute atomic E-state index is 12.6. The van der Waals surface area contributed by atoms with Gasteiger partial charge in [-0.2, -0.15) is 28.0 Å². The van der Waals surface area contributed by atoms with Gasteiger partial charge in [0, 0.05) is 5.56 Å². The molecule has 0 aliphatic heterocycles. The molecule has 1 N–H and O–H groups in total. The van der Waals surface area contributed by atoms with Crippen LogP contribution in [0.3, 0.4) is 0 Å². The molecule has 1 heterocycles. The zero-order chi connectivity index (χ0) is 17.2. The molecule has 0 saturated carbocycles. The van der Waals surface area contributed by atoms with E-state index in [1.54, 1.807) is 0 Å². The second-order valence-electron chi connectivity index (χ2n) is 4.89. The zero-order valence-corrected chi connectivity index (χ0v) is 13.0. The van der Waals surface area contributed by atoms with Crippen LogP contribution in [-0.2, 0) is 6.18 Å². The minimum absolute atomic E-state index is 0.289. The second kappa shape index (κ2) is 6.40. The van der Waals surface area contributed by atoms with E-state index < -0.39 is 11.7 Å². The molecule has 3 aromatic rings. The van der Waals surface area contributed by atoms with E-state index in [9.17, 15) is 13.2 Å². The van der Waals surface area contributed by atoms with E-state index in [1.807, 2.05) is 30.3 Å². The van der Waals surface area contributed by atoms with Crippen molar-refractivity contribution in [2.75, 3.05) is 0 Å². The summed E-state index contributed by atoms with van der Waals surface area (Å²) >= 11 is 5.14. The lowest BCUT2D eigenvalue weighted by Gasteiger charge is -2.05. The summed E-state index contributed by atoms with van der Waals surface area (Å²) in [7, 11) is 0. The van der Waals surface area contributed by atoms with Crippen molar-refractivity contribution in [1.29, 1.82) is 0 Å². The molecule has 0 bridgehead atoms. The molecule has 4 nitrogen and oxygen atoms in total. The highest BCUT2D eigenvalue weighted by Gasteiger charge is 2.29. The monoisotopic (exact) mass is 348 g/mol. The second-order valence-corrected chi connectivity index (χ2v) is 5.28. The average molecular weight is 348 g/mol. The van der Waals surface area contributed by atoms with Crippen LogP contribution in [0.5, 0.6) is 0 Å². The van der Waals surface area contributed by atoms with E-state index in [0.717, 1.165) is 17.7 Å². The molecule has 0 amide bonds. The number of aromatic amines is 1. The number of alkyl halides is 3. The fraction of sp³-hybridized carbons (Fsp3) is 0.0625. The van der Waals surface area contributed by atoms with Crippen LogP contribution >= 0.6 is 12.2 Å². The van der Waals surface area contributed by atoms with Gasteiger partial charge in [0.2, 0.25) is 4.77 Å². The summed E-state index contributed by atoms with van der Waals surface area (Å²) in [6.07, 6.45) is -2.93. The van der Waals surface area contributed by atoms with Gasteiger partial charge in [-0.3, -0.25) is 0 Å². The van der Waals surface area contributed by atoms with Crippen molar-refractivity contribution < 1.29 is 13.2 Å². The Labute approximate surface area is 140 Å². The quantitative estimate of drug-likeness (QED) is 0.559. The van der Waals surface area contributed by atoms with Gasteiger partial charge in [0.05, 0.1) is 11.8 Å². The molecule has 3 rings (SSSR count). The van der Waals surface area contributed by atoms with Crippen molar-refractivity contribution in [2.45, 2.75) is 6.18 Å². The van der Waals surface area contributed by atoms with Crippen LogP contribution in [0.15, 0.2) is 59.7 Å². The SMILES string of the molecule is FC(F)(F)c1ccc(/C=N\n2c(-c3ccccc3)n[nH]c2=S)cc1. The summed E-state index contributed by atoms with van der Waals surface area (Å²) in [6.45, 7) is 0. The van der Waals surface area contributed by atoms with E-state index in [0.29, 0.717) is 11.4 Å². The number of aromatic nitrogens is 3. The first kappa shape index (κ1) is 16.1. The maximum Gasteiger partial charge on any atom is 0.416 e. The number of rotatable bonds is 3. The number of benzene rings is 2. The average Bonchev–Trinajstić information content (AvgIpc) is 2.94. The molecule has 0 aliphatic carbocycles. The van der Waals surface area contributed by atoms with Gasteiger partial charge in [-0.1, -0.05) is 42.5 Å². The minimum atomic E-state index is -4.36. The zero-order valence-electron chi connectivity index (χ0n) is 12.2. The van der Waals surface area contributed by atoms with Gasteiger partial charge in [0.1, 0.15) is 0 Å². The number of nitrogens with one attached hydrogen (secondary N) is 1. The van der Waals surface area contributed by atoms with Gasteiger partial charge in [-0.15, -0.1) is 0 Å². The van der Waals surface area contributed by atoms with E-state index in [4.69, 9.17) is 12.2 Å². The van der Waals surface area contributed by atoms with Gasteiger partial charge >= 0.3 is 6.18 Å². The Morgan fingerprint density at radius 3 is 2.33 bits per heavy atom. The summed E-state index contributed by atoms with van der Waals surface area (Å²) in [5.74, 6) is 0.517. The fourth-order valence-corrected chi connectivity index (χ4v) is 2.23. The molecule has 122 valence electrons. The van der Waals surface area contributed by atoms with Crippen molar-refractivity contribution in [2.24, 2.45) is 5.10 Å². The number of nitrogens with zero attached hydrogens (tertiary/aromatic N) is 3. The Morgan fingerprint density at radius 1 is 1.04 bits per heavy atom. The predicted molar refractivity (Wildman–Crippen MR) is 87.3 cm³/mol. The topological polar surface area (TPSA) is 46.0 Å². The first-order valence-corrected chi connectivity index (χ1v) is 7.30. The molecule has 0 spiro atoms. The number of hydrogen-bond acceptors (Lipinski definition) is 3. The van der Waals surface area contributed by atoms with Crippen LogP contribution in [0.2, 0.25) is 0 Å². The molecule has 0 unspecified atom stereocenters. The van der Waals surface area contributed by atoms with Crippen LogP contribution in [0, 0.1) is 4.77 Å². The van der Waals surface area contributed by atoms with Crippen LogP contribution in [0.1, 0.15) is 11.1 Å². The number of hydrogen-bond donors (Lipinski definition) is 1. The van der Waals surface area contributed by atoms with Crippen molar-refractivity contribution in [3.8, 4) is 11.4 Å². The smallest absolute Gasteiger partial charge is 0.250 e. The molecule has 2 aromatic carbocycles. The summed E-state index contributed by atoms with van der Waals surface area (Å²) < 4.78 is 39.4. The van der Waals surface area contributed by atoms with Gasteiger partial charge < -0.3 is 0 Å². The minimum Gasteiger partial charge on any atom is -0.250 e. The largest absolute Gasteiger partial charge is 0.416 e. The van der Waals surface area contributed by atoms with Crippen LogP contribution in [0.25, 0.3) is 11.4 Å². The summed E-state index contributed by atoms with van der Waals surface area (Å²) in [6, 6.07) is 14.0. The normalized spacial score (nSPS) is 12.0. The Balaban J connectivity index is 1.91. The highest BCUT2D eigenvalue weighted by Crippen LogP contribution is 2.28. The van der Waals surface area contributed by atoms with E-state index >= 15 is 0 Å². The number of H-pyrrole nitrogens is 1. The highest BCUT2D eigenvalue weighted by molar-refractivity contribution is 7.71. The van der Waals surface area contributed by atoms with Gasteiger partial charge in [-0.25, -0.2) is 5.10 Å². The van der Waals surface area contributed by atoms with Crippen LogP contribution in [0.4, 0.5) is 13.2 Å². The molecule has 1 aromatic heterocycles. The lowest BCUT2D eigenvalue weighted by molar-refractivity contribution is -0.137. The first-order chi connectivity index (χ1) is 11.4. The molecular formula is C16H11F3N4S. The third kappa shape index (κ3) is 3.43. The van der Waals surface area contributed by atoms with E-state index in [1.165, 1.54) is 23.0 Å². The lowest BCUT2D eigenvalue weighted by atomic mass is 10.1. The Hall–Kier alpha value is -2.74. The Kier molecular flexibility index (Phi) is 4.30. The molecule has 24 heavy (non-hydrogen) atoms. The maximum atomic E-state index is 12.6. The molecule has 8 heteroatoms. The van der Waals surface area contributed by atoms with Crippen molar-refractivity contribution >= 4 is 18.4 Å². The Bertz CT molecular complexity index is 909. The van der Waals surface area contributed by atoms with Crippen LogP contribution < -0.4 is 0 Å². The molecule has 0 aliphatic rings.